The summed E-state index contributed by atoms with van der Waals surface area (Å²) < 4.78 is 29.2. The molecule has 0 saturated carbocycles. The topological polar surface area (TPSA) is 17.8 Å². The lowest BCUT2D eigenvalue weighted by atomic mass is 10.2. The van der Waals surface area contributed by atoms with Crippen LogP contribution in [0.2, 0.25) is 0 Å². The number of hydrogen-bond donors (Lipinski definition) is 0. The van der Waals surface area contributed by atoms with Gasteiger partial charge in [0.05, 0.1) is 0 Å². The fourth-order valence-electron chi connectivity index (χ4n) is 1.72. The Bertz CT molecular complexity index is 514. The Hall–Kier alpha value is -1.23. The summed E-state index contributed by atoms with van der Waals surface area (Å²) in [6.07, 6.45) is 3.72. The summed E-state index contributed by atoms with van der Waals surface area (Å²) in [6.45, 7) is 1.89. The van der Waals surface area contributed by atoms with Crippen LogP contribution in [-0.4, -0.2) is 9.55 Å². The van der Waals surface area contributed by atoms with Crippen LogP contribution in [0.25, 0.3) is 5.69 Å². The van der Waals surface area contributed by atoms with Gasteiger partial charge < -0.3 is 0 Å². The molecule has 0 saturated heterocycles. The van der Waals surface area contributed by atoms with E-state index in [4.69, 9.17) is 0 Å². The van der Waals surface area contributed by atoms with Crippen LogP contribution >= 0.6 is 15.9 Å². The second-order valence-electron chi connectivity index (χ2n) is 3.61. The maximum atomic E-state index is 13.9. The number of imidazole rings is 1. The van der Waals surface area contributed by atoms with Gasteiger partial charge in [0.15, 0.2) is 11.6 Å². The molecule has 0 fully saturated rings. The Balaban J connectivity index is 2.60. The predicted molar refractivity (Wildman–Crippen MR) is 65.5 cm³/mol. The smallest absolute Gasteiger partial charge is 0.150 e. The first-order chi connectivity index (χ1) is 8.17. The third kappa shape index (κ3) is 2.24. The Morgan fingerprint density at radius 3 is 2.47 bits per heavy atom. The Morgan fingerprint density at radius 2 is 1.94 bits per heavy atom. The van der Waals surface area contributed by atoms with Crippen molar-refractivity contribution in [1.29, 1.82) is 0 Å². The number of aryl methyl sites for hydroxylation is 1. The number of aromatic nitrogens is 2. The summed E-state index contributed by atoms with van der Waals surface area (Å²) >= 11 is 3.17. The first kappa shape index (κ1) is 12.2. The first-order valence-electron chi connectivity index (χ1n) is 5.23. The molecule has 17 heavy (non-hydrogen) atoms. The molecule has 0 amide bonds. The van der Waals surface area contributed by atoms with Crippen molar-refractivity contribution in [3.05, 3.63) is 47.5 Å². The maximum absolute atomic E-state index is 13.9. The van der Waals surface area contributed by atoms with E-state index < -0.39 is 11.6 Å². The second-order valence-corrected chi connectivity index (χ2v) is 4.17. The average Bonchev–Trinajstić information content (AvgIpc) is 2.76. The average molecular weight is 301 g/mol. The van der Waals surface area contributed by atoms with Crippen molar-refractivity contribution in [2.24, 2.45) is 0 Å². The zero-order chi connectivity index (χ0) is 12.4. The van der Waals surface area contributed by atoms with Crippen LogP contribution in [0.3, 0.4) is 0 Å². The van der Waals surface area contributed by atoms with Gasteiger partial charge >= 0.3 is 0 Å². The van der Waals surface area contributed by atoms with Crippen LogP contribution in [0.1, 0.15) is 18.3 Å². The molecule has 5 heteroatoms. The van der Waals surface area contributed by atoms with Crippen molar-refractivity contribution in [2.75, 3.05) is 0 Å². The number of halogens is 3. The summed E-state index contributed by atoms with van der Waals surface area (Å²) in [7, 11) is 0. The number of alkyl halides is 1. The molecular formula is C12H11BrF2N2. The molecule has 0 unspecified atom stereocenters. The molecule has 0 radical (unpaired) electrons. The molecule has 0 bridgehead atoms. The summed E-state index contributed by atoms with van der Waals surface area (Å²) in [5.41, 5.74) is 0.506. The molecule has 0 spiro atoms. The van der Waals surface area contributed by atoms with E-state index in [9.17, 15) is 8.78 Å². The lowest BCUT2D eigenvalue weighted by Crippen LogP contribution is -2.05. The fraction of sp³-hybridized carbons (Fsp3) is 0.250. The van der Waals surface area contributed by atoms with Gasteiger partial charge in [0, 0.05) is 24.1 Å². The van der Waals surface area contributed by atoms with Crippen LogP contribution < -0.4 is 0 Å². The van der Waals surface area contributed by atoms with E-state index in [0.29, 0.717) is 23.1 Å². The quantitative estimate of drug-likeness (QED) is 0.792. The van der Waals surface area contributed by atoms with E-state index in [0.717, 1.165) is 0 Å². The van der Waals surface area contributed by atoms with Crippen LogP contribution in [-0.2, 0) is 11.8 Å². The molecular weight excluding hydrogens is 290 g/mol. The molecule has 0 aliphatic rings. The Kier molecular flexibility index (Phi) is 3.57. The molecule has 2 nitrogen and oxygen atoms in total. The van der Waals surface area contributed by atoms with E-state index in [1.165, 1.54) is 22.9 Å². The molecule has 1 heterocycles. The van der Waals surface area contributed by atoms with Gasteiger partial charge in [-0.1, -0.05) is 22.9 Å². The van der Waals surface area contributed by atoms with Gasteiger partial charge in [-0.25, -0.2) is 13.8 Å². The van der Waals surface area contributed by atoms with Crippen molar-refractivity contribution in [2.45, 2.75) is 18.7 Å². The lowest BCUT2D eigenvalue weighted by molar-refractivity contribution is 0.564. The Labute approximate surface area is 106 Å². The van der Waals surface area contributed by atoms with Gasteiger partial charge in [-0.2, -0.15) is 0 Å². The first-order valence-corrected chi connectivity index (χ1v) is 6.36. The van der Waals surface area contributed by atoms with Crippen molar-refractivity contribution >= 4 is 15.9 Å². The summed E-state index contributed by atoms with van der Waals surface area (Å²) in [4.78, 5) is 4.06. The molecule has 0 aliphatic carbocycles. The summed E-state index contributed by atoms with van der Waals surface area (Å²) in [5.74, 6) is -0.520. The minimum absolute atomic E-state index is 0.0657. The van der Waals surface area contributed by atoms with E-state index in [2.05, 4.69) is 20.9 Å². The number of hydrogen-bond acceptors (Lipinski definition) is 1. The predicted octanol–water partition coefficient (Wildman–Crippen LogP) is 3.61. The standard InChI is InChI=1S/C12H11BrF2N2/c1-2-11-16-3-4-17(11)12-9(14)5-8(7-13)6-10(12)15/h3-6H,2,7H2,1H3. The van der Waals surface area contributed by atoms with E-state index in [1.54, 1.807) is 6.20 Å². The third-order valence-electron chi connectivity index (χ3n) is 2.51. The van der Waals surface area contributed by atoms with Gasteiger partial charge in [-0.3, -0.25) is 4.57 Å². The van der Waals surface area contributed by atoms with Crippen LogP contribution in [0.5, 0.6) is 0 Å². The van der Waals surface area contributed by atoms with Crippen molar-refractivity contribution in [1.82, 2.24) is 9.55 Å². The monoisotopic (exact) mass is 300 g/mol. The van der Waals surface area contributed by atoms with E-state index >= 15 is 0 Å². The van der Waals surface area contributed by atoms with Crippen LogP contribution in [0, 0.1) is 11.6 Å². The molecule has 1 aromatic carbocycles. The highest BCUT2D eigenvalue weighted by Gasteiger charge is 2.15. The zero-order valence-corrected chi connectivity index (χ0v) is 10.8. The minimum Gasteiger partial charge on any atom is -0.298 e. The largest absolute Gasteiger partial charge is 0.298 e. The van der Waals surface area contributed by atoms with Gasteiger partial charge in [-0.15, -0.1) is 0 Å². The molecule has 0 aliphatic heterocycles. The number of benzene rings is 1. The zero-order valence-electron chi connectivity index (χ0n) is 9.25. The SMILES string of the molecule is CCc1nccn1-c1c(F)cc(CBr)cc1F. The molecule has 0 atom stereocenters. The van der Waals surface area contributed by atoms with Crippen LogP contribution in [0.15, 0.2) is 24.5 Å². The van der Waals surface area contributed by atoms with Crippen LogP contribution in [0.4, 0.5) is 8.78 Å². The highest BCUT2D eigenvalue weighted by Crippen LogP contribution is 2.22. The highest BCUT2D eigenvalue weighted by atomic mass is 79.9. The van der Waals surface area contributed by atoms with Crippen molar-refractivity contribution < 1.29 is 8.78 Å². The summed E-state index contributed by atoms with van der Waals surface area (Å²) in [6, 6.07) is 2.65. The second kappa shape index (κ2) is 4.96. The fourth-order valence-corrected chi connectivity index (χ4v) is 2.05. The van der Waals surface area contributed by atoms with Gasteiger partial charge in [0.25, 0.3) is 0 Å². The summed E-state index contributed by atoms with van der Waals surface area (Å²) in [5, 5.41) is 0.422. The van der Waals surface area contributed by atoms with Crippen molar-refractivity contribution in [3.63, 3.8) is 0 Å². The molecule has 2 aromatic rings. The van der Waals surface area contributed by atoms with Gasteiger partial charge in [0.1, 0.15) is 11.5 Å². The number of nitrogens with zero attached hydrogens (tertiary/aromatic N) is 2. The highest BCUT2D eigenvalue weighted by molar-refractivity contribution is 9.08. The molecule has 2 rings (SSSR count). The number of rotatable bonds is 3. The van der Waals surface area contributed by atoms with Gasteiger partial charge in [0.2, 0.25) is 0 Å². The minimum atomic E-state index is -0.577. The molecule has 0 N–H and O–H groups in total. The van der Waals surface area contributed by atoms with E-state index in [1.807, 2.05) is 6.92 Å². The normalized spacial score (nSPS) is 10.8. The molecule has 1 aromatic heterocycles. The third-order valence-corrected chi connectivity index (χ3v) is 3.15. The Morgan fingerprint density at radius 1 is 1.29 bits per heavy atom. The van der Waals surface area contributed by atoms with E-state index in [-0.39, 0.29) is 5.69 Å². The van der Waals surface area contributed by atoms with Crippen molar-refractivity contribution in [3.8, 4) is 5.69 Å². The lowest BCUT2D eigenvalue weighted by Gasteiger charge is -2.10. The van der Waals surface area contributed by atoms with Gasteiger partial charge in [-0.05, 0) is 17.7 Å². The maximum Gasteiger partial charge on any atom is 0.150 e. The molecule has 90 valence electrons.